The van der Waals surface area contributed by atoms with Crippen molar-refractivity contribution in [2.45, 2.75) is 0 Å². The number of hydrogen-bond acceptors (Lipinski definition) is 4. The van der Waals surface area contributed by atoms with Crippen LogP contribution in [0.2, 0.25) is 0 Å². The molecule has 0 spiro atoms. The molecular weight excluding hydrogens is 318 g/mol. The summed E-state index contributed by atoms with van der Waals surface area (Å²) in [5.74, 6) is -0.906. The third-order valence-electron chi connectivity index (χ3n) is 3.94. The first-order valence-corrected chi connectivity index (χ1v) is 7.61. The van der Waals surface area contributed by atoms with Gasteiger partial charge in [-0.2, -0.15) is 0 Å². The normalized spacial score (nSPS) is 10.9. The van der Waals surface area contributed by atoms with Crippen molar-refractivity contribution < 1.29 is 15.0 Å². The van der Waals surface area contributed by atoms with Gasteiger partial charge in [0.2, 0.25) is 0 Å². The van der Waals surface area contributed by atoms with Crippen molar-refractivity contribution in [1.29, 1.82) is 0 Å². The van der Waals surface area contributed by atoms with Crippen LogP contribution in [0.4, 0.5) is 0 Å². The molecule has 0 aliphatic carbocycles. The number of phenolic OH excluding ortho intramolecular Hbond substituents is 1. The van der Waals surface area contributed by atoms with Gasteiger partial charge in [-0.25, -0.2) is 4.79 Å². The number of aromatic carboxylic acids is 1. The van der Waals surface area contributed by atoms with Crippen LogP contribution in [0.1, 0.15) is 10.4 Å². The minimum Gasteiger partial charge on any atom is -0.506 e. The van der Waals surface area contributed by atoms with E-state index in [4.69, 9.17) is 5.11 Å². The Bertz CT molecular complexity index is 1050. The zero-order valence-electron chi connectivity index (χ0n) is 13.0. The van der Waals surface area contributed by atoms with Crippen molar-refractivity contribution in [3.8, 4) is 22.6 Å². The summed E-state index contributed by atoms with van der Waals surface area (Å²) >= 11 is 0. The summed E-state index contributed by atoms with van der Waals surface area (Å²) in [6.45, 7) is 0. The Morgan fingerprint density at radius 3 is 2.04 bits per heavy atom. The van der Waals surface area contributed by atoms with Crippen molar-refractivity contribution in [2.75, 3.05) is 0 Å². The molecule has 0 unspecified atom stereocenters. The van der Waals surface area contributed by atoms with Crippen LogP contribution < -0.4 is 0 Å². The maximum absolute atomic E-state index is 11.0. The van der Waals surface area contributed by atoms with Crippen molar-refractivity contribution in [3.05, 3.63) is 72.3 Å². The molecule has 122 valence electrons. The molecule has 0 aliphatic heterocycles. The van der Waals surface area contributed by atoms with Crippen LogP contribution in [0.15, 0.2) is 66.7 Å². The van der Waals surface area contributed by atoms with E-state index in [9.17, 15) is 9.90 Å². The molecule has 6 heteroatoms. The Morgan fingerprint density at radius 2 is 1.44 bits per heavy atom. The van der Waals surface area contributed by atoms with Gasteiger partial charge in [0.05, 0.1) is 5.56 Å². The highest BCUT2D eigenvalue weighted by Gasteiger charge is 2.11. The number of aromatic hydroxyl groups is 1. The van der Waals surface area contributed by atoms with Crippen molar-refractivity contribution in [1.82, 2.24) is 15.0 Å². The smallest absolute Gasteiger partial charge is 0.335 e. The van der Waals surface area contributed by atoms with Gasteiger partial charge in [0.15, 0.2) is 0 Å². The van der Waals surface area contributed by atoms with E-state index in [-0.39, 0.29) is 11.3 Å². The molecule has 2 N–H and O–H groups in total. The Hall–Kier alpha value is -3.67. The van der Waals surface area contributed by atoms with Gasteiger partial charge in [0, 0.05) is 0 Å². The second-order valence-electron chi connectivity index (χ2n) is 5.56. The zero-order chi connectivity index (χ0) is 17.4. The van der Waals surface area contributed by atoms with Gasteiger partial charge in [-0.3, -0.25) is 0 Å². The molecule has 0 saturated heterocycles. The molecule has 0 bridgehead atoms. The van der Waals surface area contributed by atoms with Crippen LogP contribution >= 0.6 is 0 Å². The van der Waals surface area contributed by atoms with E-state index in [1.54, 1.807) is 42.5 Å². The third kappa shape index (κ3) is 2.70. The summed E-state index contributed by atoms with van der Waals surface area (Å²) in [5, 5.41) is 28.0. The lowest BCUT2D eigenvalue weighted by Gasteiger charge is -2.07. The second kappa shape index (κ2) is 5.76. The minimum atomic E-state index is -0.967. The highest BCUT2D eigenvalue weighted by atomic mass is 16.4. The molecule has 0 fully saturated rings. The summed E-state index contributed by atoms with van der Waals surface area (Å²) in [5.41, 5.74) is 3.81. The Morgan fingerprint density at radius 1 is 0.840 bits per heavy atom. The van der Waals surface area contributed by atoms with E-state index < -0.39 is 5.97 Å². The Balaban J connectivity index is 1.79. The highest BCUT2D eigenvalue weighted by Crippen LogP contribution is 2.28. The lowest BCUT2D eigenvalue weighted by molar-refractivity contribution is 0.0697. The SMILES string of the molecule is O=C(O)c1ccc(-c2ccc(O)c(-n3nc4ccccc4n3)c2)cc1. The molecule has 0 amide bonds. The van der Waals surface area contributed by atoms with E-state index in [0.717, 1.165) is 22.2 Å². The van der Waals surface area contributed by atoms with Crippen molar-refractivity contribution >= 4 is 17.0 Å². The fourth-order valence-electron chi connectivity index (χ4n) is 2.64. The Kier molecular flexibility index (Phi) is 3.43. The largest absolute Gasteiger partial charge is 0.506 e. The Labute approximate surface area is 142 Å². The average Bonchev–Trinajstić information content (AvgIpc) is 3.06. The quantitative estimate of drug-likeness (QED) is 0.600. The van der Waals surface area contributed by atoms with E-state index in [2.05, 4.69) is 10.2 Å². The van der Waals surface area contributed by atoms with Crippen molar-refractivity contribution in [3.63, 3.8) is 0 Å². The molecule has 1 heterocycles. The number of hydrogen-bond donors (Lipinski definition) is 2. The lowest BCUT2D eigenvalue weighted by Crippen LogP contribution is -1.99. The van der Waals surface area contributed by atoms with E-state index >= 15 is 0 Å². The number of nitrogens with zero attached hydrogens (tertiary/aromatic N) is 3. The molecule has 0 atom stereocenters. The molecule has 0 aliphatic rings. The van der Waals surface area contributed by atoms with Crippen LogP contribution in [0.25, 0.3) is 27.8 Å². The number of rotatable bonds is 3. The first-order chi connectivity index (χ1) is 12.1. The molecule has 4 aromatic rings. The van der Waals surface area contributed by atoms with E-state index in [1.165, 1.54) is 4.80 Å². The number of carbonyl (C=O) groups is 1. The highest BCUT2D eigenvalue weighted by molar-refractivity contribution is 5.88. The fraction of sp³-hybridized carbons (Fsp3) is 0. The van der Waals surface area contributed by atoms with Gasteiger partial charge in [-0.05, 0) is 47.5 Å². The number of fused-ring (bicyclic) bond motifs is 1. The first kappa shape index (κ1) is 14.9. The molecule has 4 rings (SSSR count). The van der Waals surface area contributed by atoms with Gasteiger partial charge in [-0.1, -0.05) is 30.3 Å². The predicted octanol–water partition coefficient (Wildman–Crippen LogP) is 3.49. The van der Waals surface area contributed by atoms with Crippen molar-refractivity contribution in [2.24, 2.45) is 0 Å². The van der Waals surface area contributed by atoms with Gasteiger partial charge < -0.3 is 10.2 Å². The lowest BCUT2D eigenvalue weighted by atomic mass is 10.0. The standard InChI is InChI=1S/C19H13N3O3/c23-18-10-9-14(12-5-7-13(8-6-12)19(24)25)11-17(18)22-20-15-3-1-2-4-16(15)21-22/h1-11,23H,(H,24,25). The topological polar surface area (TPSA) is 88.2 Å². The molecule has 6 nitrogen and oxygen atoms in total. The minimum absolute atomic E-state index is 0.0613. The van der Waals surface area contributed by atoms with E-state index in [1.807, 2.05) is 24.3 Å². The van der Waals surface area contributed by atoms with Gasteiger partial charge in [0.25, 0.3) is 0 Å². The average molecular weight is 331 g/mol. The van der Waals surface area contributed by atoms with Gasteiger partial charge in [0.1, 0.15) is 22.5 Å². The molecule has 25 heavy (non-hydrogen) atoms. The molecule has 1 aromatic heterocycles. The summed E-state index contributed by atoms with van der Waals surface area (Å²) < 4.78 is 0. The monoisotopic (exact) mass is 331 g/mol. The maximum atomic E-state index is 11.0. The second-order valence-corrected chi connectivity index (χ2v) is 5.56. The number of carboxylic acid groups (broad SMARTS) is 1. The van der Waals surface area contributed by atoms with Crippen LogP contribution in [0.3, 0.4) is 0 Å². The fourth-order valence-corrected chi connectivity index (χ4v) is 2.64. The first-order valence-electron chi connectivity index (χ1n) is 7.61. The number of phenols is 1. The summed E-state index contributed by atoms with van der Waals surface area (Å²) in [7, 11) is 0. The van der Waals surface area contributed by atoms with E-state index in [0.29, 0.717) is 5.69 Å². The van der Waals surface area contributed by atoms with Crippen LogP contribution in [-0.2, 0) is 0 Å². The zero-order valence-corrected chi connectivity index (χ0v) is 13.0. The van der Waals surface area contributed by atoms with Gasteiger partial charge in [-0.15, -0.1) is 15.0 Å². The maximum Gasteiger partial charge on any atom is 0.335 e. The van der Waals surface area contributed by atoms with Crippen LogP contribution in [-0.4, -0.2) is 31.2 Å². The molecule has 3 aromatic carbocycles. The number of carboxylic acids is 1. The predicted molar refractivity (Wildman–Crippen MR) is 92.9 cm³/mol. The van der Waals surface area contributed by atoms with Crippen LogP contribution in [0, 0.1) is 0 Å². The molecular formula is C19H13N3O3. The third-order valence-corrected chi connectivity index (χ3v) is 3.94. The summed E-state index contributed by atoms with van der Waals surface area (Å²) in [6, 6.07) is 19.1. The van der Waals surface area contributed by atoms with Crippen LogP contribution in [0.5, 0.6) is 5.75 Å². The molecule has 0 radical (unpaired) electrons. The molecule has 0 saturated carbocycles. The summed E-state index contributed by atoms with van der Waals surface area (Å²) in [4.78, 5) is 12.4. The number of aromatic nitrogens is 3. The summed E-state index contributed by atoms with van der Waals surface area (Å²) in [6.07, 6.45) is 0. The van der Waals surface area contributed by atoms with Gasteiger partial charge >= 0.3 is 5.97 Å². The number of benzene rings is 3.